The molecule has 1 N–H and O–H groups in total. The van der Waals surface area contributed by atoms with Crippen LogP contribution in [0, 0.1) is 0 Å². The van der Waals surface area contributed by atoms with Crippen molar-refractivity contribution in [3.63, 3.8) is 0 Å². The predicted molar refractivity (Wildman–Crippen MR) is 78.7 cm³/mol. The largest absolute Gasteiger partial charge is 0.382 e. The van der Waals surface area contributed by atoms with Crippen LogP contribution in [-0.4, -0.2) is 25.8 Å². The maximum Gasteiger partial charge on any atom is 0.0558 e. The van der Waals surface area contributed by atoms with Gasteiger partial charge < -0.3 is 10.1 Å². The zero-order valence-electron chi connectivity index (χ0n) is 11.2. The Bertz CT molecular complexity index is 351. The van der Waals surface area contributed by atoms with Crippen LogP contribution in [0.2, 0.25) is 10.0 Å². The van der Waals surface area contributed by atoms with E-state index in [1.165, 1.54) is 0 Å². The van der Waals surface area contributed by atoms with Crippen molar-refractivity contribution in [3.05, 3.63) is 33.8 Å². The number of ether oxygens (including phenoxy) is 1. The minimum absolute atomic E-state index is 0.218. The molecule has 1 aromatic rings. The van der Waals surface area contributed by atoms with Gasteiger partial charge in [0, 0.05) is 23.2 Å². The molecule has 102 valence electrons. The average Bonchev–Trinajstić information content (AvgIpc) is 2.34. The summed E-state index contributed by atoms with van der Waals surface area (Å²) < 4.78 is 5.32. The molecule has 18 heavy (non-hydrogen) atoms. The van der Waals surface area contributed by atoms with Gasteiger partial charge in [0.15, 0.2) is 0 Å². The highest BCUT2D eigenvalue weighted by molar-refractivity contribution is 6.35. The molecule has 0 fully saturated rings. The van der Waals surface area contributed by atoms with Crippen LogP contribution < -0.4 is 5.32 Å². The van der Waals surface area contributed by atoms with Gasteiger partial charge in [-0.1, -0.05) is 36.2 Å². The number of benzene rings is 1. The fraction of sp³-hybridized carbons (Fsp3) is 0.571. The van der Waals surface area contributed by atoms with E-state index in [0.717, 1.165) is 35.0 Å². The lowest BCUT2D eigenvalue weighted by Crippen LogP contribution is -2.34. The summed E-state index contributed by atoms with van der Waals surface area (Å²) in [6, 6.07) is 5.95. The Kier molecular flexibility index (Phi) is 7.02. The van der Waals surface area contributed by atoms with Crippen molar-refractivity contribution in [1.82, 2.24) is 5.32 Å². The highest BCUT2D eigenvalue weighted by atomic mass is 35.5. The smallest absolute Gasteiger partial charge is 0.0558 e. The molecule has 0 heterocycles. The summed E-state index contributed by atoms with van der Waals surface area (Å²) >= 11 is 12.4. The fourth-order valence-corrected chi connectivity index (χ4v) is 2.55. The summed E-state index contributed by atoms with van der Waals surface area (Å²) in [5.74, 6) is 0. The van der Waals surface area contributed by atoms with E-state index in [4.69, 9.17) is 27.9 Å². The molecule has 0 aliphatic carbocycles. The van der Waals surface area contributed by atoms with Crippen molar-refractivity contribution in [2.24, 2.45) is 0 Å². The van der Waals surface area contributed by atoms with Gasteiger partial charge in [-0.2, -0.15) is 0 Å². The summed E-state index contributed by atoms with van der Waals surface area (Å²) in [6.45, 7) is 5.08. The molecule has 0 saturated carbocycles. The van der Waals surface area contributed by atoms with E-state index in [9.17, 15) is 0 Å². The van der Waals surface area contributed by atoms with Crippen molar-refractivity contribution >= 4 is 23.2 Å². The maximum atomic E-state index is 6.20. The van der Waals surface area contributed by atoms with Gasteiger partial charge in [0.25, 0.3) is 0 Å². The topological polar surface area (TPSA) is 21.3 Å². The van der Waals surface area contributed by atoms with Gasteiger partial charge in [-0.25, -0.2) is 0 Å². The van der Waals surface area contributed by atoms with E-state index >= 15 is 0 Å². The summed E-state index contributed by atoms with van der Waals surface area (Å²) in [5.41, 5.74) is 1.01. The van der Waals surface area contributed by atoms with Crippen LogP contribution in [-0.2, 0) is 11.2 Å². The van der Waals surface area contributed by atoms with Gasteiger partial charge >= 0.3 is 0 Å². The molecule has 1 aromatic carbocycles. The standard InChI is InChI=1S/C14H21Cl2NO/c1-4-17-11(8-10(2)18-3)9-12-13(15)6-5-7-14(12)16/h5-7,10-11,17H,4,8-9H2,1-3H3. The second kappa shape index (κ2) is 8.00. The second-order valence-corrected chi connectivity index (χ2v) is 5.26. The zero-order chi connectivity index (χ0) is 13.5. The van der Waals surface area contributed by atoms with Crippen LogP contribution in [0.15, 0.2) is 18.2 Å². The van der Waals surface area contributed by atoms with E-state index in [-0.39, 0.29) is 6.10 Å². The van der Waals surface area contributed by atoms with Crippen molar-refractivity contribution in [2.75, 3.05) is 13.7 Å². The molecule has 1 rings (SSSR count). The van der Waals surface area contributed by atoms with Crippen molar-refractivity contribution in [1.29, 1.82) is 0 Å². The number of methoxy groups -OCH3 is 1. The van der Waals surface area contributed by atoms with Crippen molar-refractivity contribution < 1.29 is 4.74 Å². The Balaban J connectivity index is 2.76. The molecule has 0 bridgehead atoms. The quantitative estimate of drug-likeness (QED) is 0.821. The van der Waals surface area contributed by atoms with Gasteiger partial charge in [-0.3, -0.25) is 0 Å². The van der Waals surface area contributed by atoms with Crippen LogP contribution in [0.3, 0.4) is 0 Å². The fourth-order valence-electron chi connectivity index (χ4n) is 2.00. The molecule has 2 atom stereocenters. The van der Waals surface area contributed by atoms with Gasteiger partial charge in [0.05, 0.1) is 6.10 Å². The van der Waals surface area contributed by atoms with E-state index in [1.807, 2.05) is 18.2 Å². The number of hydrogen-bond donors (Lipinski definition) is 1. The lowest BCUT2D eigenvalue weighted by atomic mass is 10.0. The third-order valence-electron chi connectivity index (χ3n) is 3.02. The first-order valence-corrected chi connectivity index (χ1v) is 7.03. The first-order chi connectivity index (χ1) is 8.58. The summed E-state index contributed by atoms with van der Waals surface area (Å²) in [4.78, 5) is 0. The van der Waals surface area contributed by atoms with E-state index in [0.29, 0.717) is 6.04 Å². The van der Waals surface area contributed by atoms with E-state index < -0.39 is 0 Å². The third-order valence-corrected chi connectivity index (χ3v) is 3.73. The molecule has 4 heteroatoms. The molecule has 0 saturated heterocycles. The minimum atomic E-state index is 0.218. The van der Waals surface area contributed by atoms with Gasteiger partial charge in [0.2, 0.25) is 0 Å². The number of nitrogens with one attached hydrogen (secondary N) is 1. The zero-order valence-corrected chi connectivity index (χ0v) is 12.7. The summed E-state index contributed by atoms with van der Waals surface area (Å²) in [6.07, 6.45) is 1.97. The number of hydrogen-bond acceptors (Lipinski definition) is 2. The van der Waals surface area contributed by atoms with Crippen molar-refractivity contribution in [3.8, 4) is 0 Å². The molecule has 0 amide bonds. The van der Waals surface area contributed by atoms with Crippen LogP contribution in [0.5, 0.6) is 0 Å². The Morgan fingerprint density at radius 2 is 1.89 bits per heavy atom. The summed E-state index contributed by atoms with van der Waals surface area (Å²) in [5, 5.41) is 4.92. The van der Waals surface area contributed by atoms with Crippen LogP contribution >= 0.6 is 23.2 Å². The Morgan fingerprint density at radius 3 is 2.39 bits per heavy atom. The number of likely N-dealkylation sites (N-methyl/N-ethyl adjacent to an activating group) is 1. The van der Waals surface area contributed by atoms with Gasteiger partial charge in [-0.15, -0.1) is 0 Å². The predicted octanol–water partition coefficient (Wildman–Crippen LogP) is 3.94. The molecular weight excluding hydrogens is 269 g/mol. The Hall–Kier alpha value is -0.280. The Labute approximate surface area is 120 Å². The maximum absolute atomic E-state index is 6.20. The van der Waals surface area contributed by atoms with Crippen LogP contribution in [0.1, 0.15) is 25.8 Å². The van der Waals surface area contributed by atoms with Crippen molar-refractivity contribution in [2.45, 2.75) is 38.8 Å². The number of rotatable bonds is 7. The molecule has 2 unspecified atom stereocenters. The minimum Gasteiger partial charge on any atom is -0.382 e. The SMILES string of the molecule is CCNC(Cc1c(Cl)cccc1Cl)CC(C)OC. The highest BCUT2D eigenvalue weighted by Crippen LogP contribution is 2.26. The highest BCUT2D eigenvalue weighted by Gasteiger charge is 2.16. The lowest BCUT2D eigenvalue weighted by molar-refractivity contribution is 0.101. The van der Waals surface area contributed by atoms with E-state index in [1.54, 1.807) is 7.11 Å². The van der Waals surface area contributed by atoms with Gasteiger partial charge in [0.1, 0.15) is 0 Å². The average molecular weight is 290 g/mol. The molecule has 0 radical (unpaired) electrons. The normalized spacial score (nSPS) is 14.5. The first-order valence-electron chi connectivity index (χ1n) is 6.27. The second-order valence-electron chi connectivity index (χ2n) is 4.44. The van der Waals surface area contributed by atoms with Crippen LogP contribution in [0.4, 0.5) is 0 Å². The molecular formula is C14H21Cl2NO. The molecule has 0 aliphatic heterocycles. The molecule has 0 aliphatic rings. The summed E-state index contributed by atoms with van der Waals surface area (Å²) in [7, 11) is 1.73. The van der Waals surface area contributed by atoms with Crippen LogP contribution in [0.25, 0.3) is 0 Å². The molecule has 0 aromatic heterocycles. The monoisotopic (exact) mass is 289 g/mol. The Morgan fingerprint density at radius 1 is 1.28 bits per heavy atom. The first kappa shape index (κ1) is 15.8. The van der Waals surface area contributed by atoms with Gasteiger partial charge in [-0.05, 0) is 44.0 Å². The third kappa shape index (κ3) is 4.77. The number of halogens is 2. The molecule has 0 spiro atoms. The molecule has 2 nitrogen and oxygen atoms in total. The lowest BCUT2D eigenvalue weighted by Gasteiger charge is -2.22. The van der Waals surface area contributed by atoms with E-state index in [2.05, 4.69) is 19.2 Å².